The molecular weight excluding hydrogens is 456 g/mol. The fourth-order valence-electron chi connectivity index (χ4n) is 4.72. The van der Waals surface area contributed by atoms with E-state index in [4.69, 9.17) is 0 Å². The van der Waals surface area contributed by atoms with Gasteiger partial charge in [0.25, 0.3) is 0 Å². The number of nitrogens with zero attached hydrogens (tertiary/aromatic N) is 8. The Morgan fingerprint density at radius 3 is 2.00 bits per heavy atom. The lowest BCUT2D eigenvalue weighted by atomic mass is 10.2. The Morgan fingerprint density at radius 2 is 1.39 bits per heavy atom. The molecule has 0 atom stereocenters. The summed E-state index contributed by atoms with van der Waals surface area (Å²) in [5.74, 6) is 1.74. The maximum Gasteiger partial charge on any atom is 0.353 e. The molecule has 186 valence electrons. The first-order valence-corrected chi connectivity index (χ1v) is 12.3. The van der Waals surface area contributed by atoms with Gasteiger partial charge in [0, 0.05) is 65.1 Å². The van der Waals surface area contributed by atoms with E-state index in [-0.39, 0.29) is 10.6 Å². The first kappa shape index (κ1) is 23.7. The summed E-state index contributed by atoms with van der Waals surface area (Å²) in [6, 6.07) is 16.1. The Kier molecular flexibility index (Phi) is 7.32. The van der Waals surface area contributed by atoms with E-state index in [1.165, 1.54) is 11.9 Å². The molecule has 0 radical (unpaired) electrons. The van der Waals surface area contributed by atoms with Crippen molar-refractivity contribution < 1.29 is 4.92 Å². The number of piperazine rings is 2. The van der Waals surface area contributed by atoms with Crippen molar-refractivity contribution in [3.63, 3.8) is 0 Å². The van der Waals surface area contributed by atoms with Crippen LogP contribution in [0.5, 0.6) is 0 Å². The quantitative estimate of drug-likeness (QED) is 0.369. The van der Waals surface area contributed by atoms with Gasteiger partial charge in [-0.05, 0) is 17.7 Å². The van der Waals surface area contributed by atoms with Crippen molar-refractivity contribution in [3.8, 4) is 0 Å². The minimum atomic E-state index is -0.329. The third-order valence-corrected chi connectivity index (χ3v) is 6.66. The van der Waals surface area contributed by atoms with Gasteiger partial charge < -0.3 is 14.7 Å². The molecule has 0 spiro atoms. The fourth-order valence-corrected chi connectivity index (χ4v) is 4.72. The summed E-state index contributed by atoms with van der Waals surface area (Å²) in [5.41, 5.74) is 1.18. The molecule has 10 heteroatoms. The Bertz CT molecular complexity index is 1180. The molecule has 2 fully saturated rings. The molecule has 4 heterocycles. The zero-order valence-corrected chi connectivity index (χ0v) is 20.2. The number of hydrogen-bond donors (Lipinski definition) is 0. The SMILES string of the molecule is O=[N+]([O-])c1c(N2CCN(C/C=C\c3ccccc3)CC2)ncnc1N1CCN(c2ccccn2)CC1. The highest BCUT2D eigenvalue weighted by Crippen LogP contribution is 2.35. The van der Waals surface area contributed by atoms with Crippen LogP contribution in [0.2, 0.25) is 0 Å². The number of benzene rings is 1. The largest absolute Gasteiger partial charge is 0.353 e. The summed E-state index contributed by atoms with van der Waals surface area (Å²) in [6.07, 6.45) is 7.53. The molecule has 0 bridgehead atoms. The third kappa shape index (κ3) is 5.44. The van der Waals surface area contributed by atoms with Gasteiger partial charge in [0.05, 0.1) is 4.92 Å². The lowest BCUT2D eigenvalue weighted by molar-refractivity contribution is -0.383. The number of pyridine rings is 1. The van der Waals surface area contributed by atoms with E-state index in [2.05, 4.69) is 49.0 Å². The second-order valence-electron chi connectivity index (χ2n) is 8.89. The van der Waals surface area contributed by atoms with Crippen molar-refractivity contribution >= 4 is 29.2 Å². The molecule has 2 saturated heterocycles. The Balaban J connectivity index is 1.23. The molecular formula is C26H30N8O2. The minimum absolute atomic E-state index is 0.00112. The van der Waals surface area contributed by atoms with Crippen LogP contribution in [-0.2, 0) is 0 Å². The van der Waals surface area contributed by atoms with Gasteiger partial charge in [0.1, 0.15) is 12.1 Å². The number of aromatic nitrogens is 3. The number of nitro groups is 1. The van der Waals surface area contributed by atoms with Crippen molar-refractivity contribution in [3.05, 3.63) is 82.8 Å². The Labute approximate surface area is 210 Å². The molecule has 0 amide bonds. The highest BCUT2D eigenvalue weighted by atomic mass is 16.6. The monoisotopic (exact) mass is 486 g/mol. The normalized spacial score (nSPS) is 17.1. The molecule has 3 aromatic rings. The first-order chi connectivity index (χ1) is 17.7. The van der Waals surface area contributed by atoms with Gasteiger partial charge in [-0.3, -0.25) is 15.0 Å². The highest BCUT2D eigenvalue weighted by molar-refractivity contribution is 5.71. The summed E-state index contributed by atoms with van der Waals surface area (Å²) in [4.78, 5) is 33.5. The van der Waals surface area contributed by atoms with Crippen LogP contribution in [0.3, 0.4) is 0 Å². The van der Waals surface area contributed by atoms with Gasteiger partial charge in [-0.2, -0.15) is 0 Å². The van der Waals surface area contributed by atoms with E-state index in [9.17, 15) is 10.1 Å². The maximum atomic E-state index is 12.2. The molecule has 1 aromatic carbocycles. The average molecular weight is 487 g/mol. The predicted octanol–water partition coefficient (Wildman–Crippen LogP) is 2.94. The summed E-state index contributed by atoms with van der Waals surface area (Å²) in [7, 11) is 0. The number of hydrogen-bond acceptors (Lipinski definition) is 9. The lowest BCUT2D eigenvalue weighted by Gasteiger charge is -2.37. The van der Waals surface area contributed by atoms with Crippen molar-refractivity contribution in [2.24, 2.45) is 0 Å². The van der Waals surface area contributed by atoms with Crippen LogP contribution >= 0.6 is 0 Å². The van der Waals surface area contributed by atoms with Crippen molar-refractivity contribution in [2.75, 3.05) is 73.6 Å². The molecule has 0 unspecified atom stereocenters. The number of rotatable bonds is 7. The van der Waals surface area contributed by atoms with E-state index in [1.54, 1.807) is 6.20 Å². The zero-order chi connectivity index (χ0) is 24.7. The fraction of sp³-hybridized carbons (Fsp3) is 0.346. The first-order valence-electron chi connectivity index (χ1n) is 12.3. The van der Waals surface area contributed by atoms with Crippen LogP contribution in [0.4, 0.5) is 23.1 Å². The predicted molar refractivity (Wildman–Crippen MR) is 141 cm³/mol. The summed E-state index contributed by atoms with van der Waals surface area (Å²) in [5, 5.41) is 12.2. The van der Waals surface area contributed by atoms with Gasteiger partial charge in [-0.1, -0.05) is 48.6 Å². The van der Waals surface area contributed by atoms with E-state index >= 15 is 0 Å². The van der Waals surface area contributed by atoms with E-state index in [1.807, 2.05) is 46.2 Å². The summed E-state index contributed by atoms with van der Waals surface area (Å²) >= 11 is 0. The molecule has 0 saturated carbocycles. The molecule has 0 N–H and O–H groups in total. The van der Waals surface area contributed by atoms with Crippen molar-refractivity contribution in [1.29, 1.82) is 0 Å². The standard InChI is InChI=1S/C26H30N8O2/c35-34(36)24-25(32-15-13-30(14-16-32)12-6-9-22-7-2-1-3-8-22)28-21-29-26(24)33-19-17-31(18-20-33)23-10-4-5-11-27-23/h1-11,21H,12-20H2/b9-6-. The van der Waals surface area contributed by atoms with Gasteiger partial charge in [-0.25, -0.2) is 15.0 Å². The topological polar surface area (TPSA) is 94.8 Å². The lowest BCUT2D eigenvalue weighted by Crippen LogP contribution is -2.48. The Hall–Kier alpha value is -4.05. The third-order valence-electron chi connectivity index (χ3n) is 6.66. The molecule has 2 aromatic heterocycles. The minimum Gasteiger partial charge on any atom is -0.353 e. The van der Waals surface area contributed by atoms with Crippen LogP contribution < -0.4 is 14.7 Å². The van der Waals surface area contributed by atoms with Crippen LogP contribution in [0.25, 0.3) is 6.08 Å². The van der Waals surface area contributed by atoms with Crippen LogP contribution in [-0.4, -0.2) is 83.7 Å². The molecule has 2 aliphatic heterocycles. The molecule has 5 rings (SSSR count). The second-order valence-corrected chi connectivity index (χ2v) is 8.89. The molecule has 2 aliphatic rings. The van der Waals surface area contributed by atoms with Crippen molar-refractivity contribution in [1.82, 2.24) is 19.9 Å². The maximum absolute atomic E-state index is 12.2. The van der Waals surface area contributed by atoms with Crippen LogP contribution in [0, 0.1) is 10.1 Å². The van der Waals surface area contributed by atoms with E-state index in [0.29, 0.717) is 37.8 Å². The smallest absolute Gasteiger partial charge is 0.353 e. The van der Waals surface area contributed by atoms with Gasteiger partial charge in [0.2, 0.25) is 11.6 Å². The average Bonchev–Trinajstić information content (AvgIpc) is 2.94. The van der Waals surface area contributed by atoms with E-state index in [0.717, 1.165) is 38.5 Å². The second kappa shape index (κ2) is 11.1. The zero-order valence-electron chi connectivity index (χ0n) is 20.2. The van der Waals surface area contributed by atoms with Crippen LogP contribution in [0.1, 0.15) is 5.56 Å². The summed E-state index contributed by atoms with van der Waals surface area (Å²) < 4.78 is 0. The van der Waals surface area contributed by atoms with E-state index < -0.39 is 0 Å². The van der Waals surface area contributed by atoms with Gasteiger partial charge in [0.15, 0.2) is 0 Å². The van der Waals surface area contributed by atoms with Crippen molar-refractivity contribution in [2.45, 2.75) is 0 Å². The number of anilines is 3. The summed E-state index contributed by atoms with van der Waals surface area (Å²) in [6.45, 7) is 6.57. The van der Waals surface area contributed by atoms with Crippen LogP contribution in [0.15, 0.2) is 67.1 Å². The molecule has 36 heavy (non-hydrogen) atoms. The van der Waals surface area contributed by atoms with Gasteiger partial charge in [-0.15, -0.1) is 0 Å². The Morgan fingerprint density at radius 1 is 0.778 bits per heavy atom. The highest BCUT2D eigenvalue weighted by Gasteiger charge is 2.32. The molecule has 0 aliphatic carbocycles. The van der Waals surface area contributed by atoms with Gasteiger partial charge >= 0.3 is 5.69 Å². The molecule has 10 nitrogen and oxygen atoms in total.